The van der Waals surface area contributed by atoms with E-state index >= 15 is 0 Å². The molecule has 0 spiro atoms. The van der Waals surface area contributed by atoms with Crippen LogP contribution in [0.5, 0.6) is 0 Å². The van der Waals surface area contributed by atoms with E-state index in [-0.39, 0.29) is 0 Å². The fraction of sp³-hybridized carbons (Fsp3) is 0.300. The predicted octanol–water partition coefficient (Wildman–Crippen LogP) is 3.43. The first-order valence-electron chi connectivity index (χ1n) is 4.07. The van der Waals surface area contributed by atoms with Gasteiger partial charge < -0.3 is 0 Å². The van der Waals surface area contributed by atoms with E-state index in [0.29, 0.717) is 11.4 Å². The van der Waals surface area contributed by atoms with Gasteiger partial charge in [0.05, 0.1) is 0 Å². The minimum Gasteiger partial charge on any atom is -0.298 e. The van der Waals surface area contributed by atoms with Crippen molar-refractivity contribution >= 4 is 33.8 Å². The van der Waals surface area contributed by atoms with E-state index in [1.165, 1.54) is 5.56 Å². The molecule has 1 rings (SSSR count). The molecule has 0 heterocycles. The van der Waals surface area contributed by atoms with Gasteiger partial charge in [-0.3, -0.25) is 4.79 Å². The molecule has 0 aromatic heterocycles. The molecular formula is C10H10BrClO. The summed E-state index contributed by atoms with van der Waals surface area (Å²) in [6.07, 6.45) is 2.77. The van der Waals surface area contributed by atoms with E-state index in [0.717, 1.165) is 23.6 Å². The van der Waals surface area contributed by atoms with Crippen LogP contribution >= 0.6 is 27.5 Å². The minimum absolute atomic E-state index is 0.674. The Morgan fingerprint density at radius 1 is 1.46 bits per heavy atom. The summed E-state index contributed by atoms with van der Waals surface area (Å²) >= 11 is 8.92. The minimum atomic E-state index is 0.674. The third kappa shape index (κ3) is 3.12. The molecule has 0 aliphatic heterocycles. The van der Waals surface area contributed by atoms with Crippen molar-refractivity contribution in [2.75, 3.05) is 5.88 Å². The predicted molar refractivity (Wildman–Crippen MR) is 58.6 cm³/mol. The number of aryl methyl sites for hydroxylation is 1. The Kier molecular flexibility index (Phi) is 4.46. The molecule has 0 amide bonds. The molecule has 0 N–H and O–H groups in total. The summed E-state index contributed by atoms with van der Waals surface area (Å²) in [6.45, 7) is 0. The van der Waals surface area contributed by atoms with Crippen LogP contribution < -0.4 is 0 Å². The monoisotopic (exact) mass is 260 g/mol. The van der Waals surface area contributed by atoms with Crippen LogP contribution in [-0.4, -0.2) is 12.2 Å². The Balaban J connectivity index is 2.77. The normalized spacial score (nSPS) is 10.0. The Hall–Kier alpha value is -0.340. The smallest absolute Gasteiger partial charge is 0.151 e. The highest BCUT2D eigenvalue weighted by atomic mass is 79.9. The van der Waals surface area contributed by atoms with Gasteiger partial charge in [-0.1, -0.05) is 28.1 Å². The third-order valence-corrected chi connectivity index (χ3v) is 2.74. The second kappa shape index (κ2) is 5.40. The quantitative estimate of drug-likeness (QED) is 0.599. The maximum Gasteiger partial charge on any atom is 0.151 e. The van der Waals surface area contributed by atoms with Crippen molar-refractivity contribution in [1.82, 2.24) is 0 Å². The lowest BCUT2D eigenvalue weighted by Crippen LogP contribution is -1.89. The van der Waals surface area contributed by atoms with Gasteiger partial charge in [0.25, 0.3) is 0 Å². The molecule has 1 aromatic carbocycles. The summed E-state index contributed by atoms with van der Waals surface area (Å²) in [4.78, 5) is 10.5. The zero-order valence-electron chi connectivity index (χ0n) is 7.09. The first-order chi connectivity index (χ1) is 6.27. The highest BCUT2D eigenvalue weighted by molar-refractivity contribution is 9.10. The molecule has 0 saturated carbocycles. The highest BCUT2D eigenvalue weighted by Crippen LogP contribution is 2.17. The number of carbonyl (C=O) groups excluding carboxylic acids is 1. The van der Waals surface area contributed by atoms with Gasteiger partial charge in [-0.15, -0.1) is 11.6 Å². The molecule has 0 aliphatic rings. The molecule has 0 saturated heterocycles. The SMILES string of the molecule is O=Cc1ccc(CCCCl)cc1Br. The van der Waals surface area contributed by atoms with E-state index in [1.807, 2.05) is 18.2 Å². The zero-order chi connectivity index (χ0) is 9.68. The summed E-state index contributed by atoms with van der Waals surface area (Å²) in [6, 6.07) is 5.75. The van der Waals surface area contributed by atoms with Gasteiger partial charge in [0.1, 0.15) is 0 Å². The largest absolute Gasteiger partial charge is 0.298 e. The maximum atomic E-state index is 10.5. The number of rotatable bonds is 4. The van der Waals surface area contributed by atoms with Gasteiger partial charge in [0.2, 0.25) is 0 Å². The second-order valence-corrected chi connectivity index (χ2v) is 4.00. The first kappa shape index (κ1) is 10.7. The Labute approximate surface area is 91.2 Å². The average Bonchev–Trinajstić information content (AvgIpc) is 2.15. The number of aldehydes is 1. The average molecular weight is 262 g/mol. The van der Waals surface area contributed by atoms with Crippen LogP contribution in [0.2, 0.25) is 0 Å². The van der Waals surface area contributed by atoms with Crippen molar-refractivity contribution in [2.45, 2.75) is 12.8 Å². The van der Waals surface area contributed by atoms with Crippen molar-refractivity contribution in [1.29, 1.82) is 0 Å². The van der Waals surface area contributed by atoms with Crippen molar-refractivity contribution in [3.63, 3.8) is 0 Å². The first-order valence-corrected chi connectivity index (χ1v) is 5.40. The van der Waals surface area contributed by atoms with Crippen LogP contribution in [0.4, 0.5) is 0 Å². The summed E-state index contributed by atoms with van der Waals surface area (Å²) in [5.74, 6) is 0.674. The van der Waals surface area contributed by atoms with Crippen LogP contribution in [0.1, 0.15) is 22.3 Å². The fourth-order valence-electron chi connectivity index (χ4n) is 1.09. The lowest BCUT2D eigenvalue weighted by molar-refractivity contribution is 0.112. The van der Waals surface area contributed by atoms with Crippen molar-refractivity contribution in [3.05, 3.63) is 33.8 Å². The van der Waals surface area contributed by atoms with Crippen LogP contribution in [0, 0.1) is 0 Å². The molecule has 0 radical (unpaired) electrons. The topological polar surface area (TPSA) is 17.1 Å². The Bertz CT molecular complexity index is 299. The van der Waals surface area contributed by atoms with Gasteiger partial charge in [-0.25, -0.2) is 0 Å². The summed E-state index contributed by atoms with van der Waals surface area (Å²) in [5, 5.41) is 0. The number of benzene rings is 1. The summed E-state index contributed by atoms with van der Waals surface area (Å²) in [7, 11) is 0. The van der Waals surface area contributed by atoms with Crippen molar-refractivity contribution in [3.8, 4) is 0 Å². The molecule has 1 nitrogen and oxygen atoms in total. The van der Waals surface area contributed by atoms with E-state index in [1.54, 1.807) is 0 Å². The summed E-state index contributed by atoms with van der Waals surface area (Å²) in [5.41, 5.74) is 1.90. The van der Waals surface area contributed by atoms with Crippen LogP contribution in [-0.2, 0) is 6.42 Å². The lowest BCUT2D eigenvalue weighted by atomic mass is 10.1. The number of alkyl halides is 1. The van der Waals surface area contributed by atoms with Gasteiger partial charge in [0, 0.05) is 15.9 Å². The molecule has 0 atom stereocenters. The molecular weight excluding hydrogens is 251 g/mol. The second-order valence-electron chi connectivity index (χ2n) is 2.77. The Morgan fingerprint density at radius 2 is 2.23 bits per heavy atom. The van der Waals surface area contributed by atoms with E-state index in [9.17, 15) is 4.79 Å². The van der Waals surface area contributed by atoms with Crippen molar-refractivity contribution in [2.24, 2.45) is 0 Å². The lowest BCUT2D eigenvalue weighted by Gasteiger charge is -2.01. The standard InChI is InChI=1S/C10H10BrClO/c11-10-6-8(2-1-5-12)3-4-9(10)7-13/h3-4,6-7H,1-2,5H2. The number of hydrogen-bond acceptors (Lipinski definition) is 1. The molecule has 1 aromatic rings. The van der Waals surface area contributed by atoms with E-state index in [4.69, 9.17) is 11.6 Å². The van der Waals surface area contributed by atoms with E-state index in [2.05, 4.69) is 15.9 Å². The fourth-order valence-corrected chi connectivity index (χ4v) is 1.75. The molecule has 0 aliphatic carbocycles. The molecule has 0 fully saturated rings. The highest BCUT2D eigenvalue weighted by Gasteiger charge is 1.99. The molecule has 13 heavy (non-hydrogen) atoms. The van der Waals surface area contributed by atoms with Gasteiger partial charge in [-0.2, -0.15) is 0 Å². The molecule has 3 heteroatoms. The van der Waals surface area contributed by atoms with Gasteiger partial charge in [0.15, 0.2) is 6.29 Å². The number of halogens is 2. The number of carbonyl (C=O) groups is 1. The molecule has 0 bridgehead atoms. The van der Waals surface area contributed by atoms with Gasteiger partial charge >= 0.3 is 0 Å². The van der Waals surface area contributed by atoms with Crippen LogP contribution in [0.25, 0.3) is 0 Å². The van der Waals surface area contributed by atoms with Gasteiger partial charge in [-0.05, 0) is 24.5 Å². The number of hydrogen-bond donors (Lipinski definition) is 0. The zero-order valence-corrected chi connectivity index (χ0v) is 9.44. The van der Waals surface area contributed by atoms with Crippen LogP contribution in [0.3, 0.4) is 0 Å². The Morgan fingerprint density at radius 3 is 2.77 bits per heavy atom. The van der Waals surface area contributed by atoms with Crippen LogP contribution in [0.15, 0.2) is 22.7 Å². The molecule has 0 unspecified atom stereocenters. The molecule has 70 valence electrons. The van der Waals surface area contributed by atoms with E-state index < -0.39 is 0 Å². The van der Waals surface area contributed by atoms with Crippen molar-refractivity contribution < 1.29 is 4.79 Å². The third-order valence-electron chi connectivity index (χ3n) is 1.79. The maximum absolute atomic E-state index is 10.5. The summed E-state index contributed by atoms with van der Waals surface area (Å²) < 4.78 is 0.856.